The minimum Gasteiger partial charge on any atom is -0.395 e. The van der Waals surface area contributed by atoms with Crippen molar-refractivity contribution in [3.8, 4) is 0 Å². The van der Waals surface area contributed by atoms with Crippen molar-refractivity contribution in [3.63, 3.8) is 0 Å². The van der Waals surface area contributed by atoms with Gasteiger partial charge in [0, 0.05) is 38.6 Å². The van der Waals surface area contributed by atoms with Crippen LogP contribution in [0.2, 0.25) is 0 Å². The highest BCUT2D eigenvalue weighted by Crippen LogP contribution is 2.42. The summed E-state index contributed by atoms with van der Waals surface area (Å²) in [6, 6.07) is 0. The van der Waals surface area contributed by atoms with Gasteiger partial charge >= 0.3 is 0 Å². The first kappa shape index (κ1) is 15.8. The van der Waals surface area contributed by atoms with E-state index >= 15 is 0 Å². The SMILES string of the molecule is CC1CC(C(=O)N2CCN(CCO)CC2)CC(C)(C)C1. The maximum absolute atomic E-state index is 12.7. The fourth-order valence-electron chi connectivity index (χ4n) is 4.13. The van der Waals surface area contributed by atoms with Gasteiger partial charge in [0.1, 0.15) is 0 Å². The number of aliphatic hydroxyl groups excluding tert-OH is 1. The van der Waals surface area contributed by atoms with Crippen molar-refractivity contribution in [2.75, 3.05) is 39.3 Å². The predicted octanol–water partition coefficient (Wildman–Crippen LogP) is 1.59. The van der Waals surface area contributed by atoms with Crippen LogP contribution in [0.3, 0.4) is 0 Å². The van der Waals surface area contributed by atoms with Gasteiger partial charge in [-0.1, -0.05) is 20.8 Å². The molecule has 2 rings (SSSR count). The van der Waals surface area contributed by atoms with Gasteiger partial charge in [0.05, 0.1) is 6.61 Å². The van der Waals surface area contributed by atoms with Crippen LogP contribution in [0.4, 0.5) is 0 Å². The lowest BCUT2D eigenvalue weighted by Crippen LogP contribution is -2.51. The second kappa shape index (κ2) is 6.44. The number of rotatable bonds is 3. The molecule has 4 nitrogen and oxygen atoms in total. The van der Waals surface area contributed by atoms with Gasteiger partial charge in [-0.25, -0.2) is 0 Å². The van der Waals surface area contributed by atoms with Crippen molar-refractivity contribution in [2.45, 2.75) is 40.0 Å². The number of β-amino-alcohol motifs (C(OH)–C–C–N with tert-alkyl or cyclic N) is 1. The van der Waals surface area contributed by atoms with Crippen LogP contribution in [0.25, 0.3) is 0 Å². The topological polar surface area (TPSA) is 43.8 Å². The summed E-state index contributed by atoms with van der Waals surface area (Å²) in [4.78, 5) is 17.0. The molecule has 1 N–H and O–H groups in total. The maximum Gasteiger partial charge on any atom is 0.225 e. The van der Waals surface area contributed by atoms with E-state index < -0.39 is 0 Å². The number of amides is 1. The molecule has 2 aliphatic rings. The van der Waals surface area contributed by atoms with Crippen molar-refractivity contribution in [1.82, 2.24) is 9.80 Å². The summed E-state index contributed by atoms with van der Waals surface area (Å²) in [7, 11) is 0. The zero-order valence-electron chi connectivity index (χ0n) is 13.3. The normalized spacial score (nSPS) is 31.3. The summed E-state index contributed by atoms with van der Waals surface area (Å²) >= 11 is 0. The molecule has 0 bridgehead atoms. The molecule has 1 amide bonds. The Bertz CT molecular complexity index is 335. The number of carbonyl (C=O) groups is 1. The Balaban J connectivity index is 1.88. The van der Waals surface area contributed by atoms with E-state index in [9.17, 15) is 4.79 Å². The van der Waals surface area contributed by atoms with E-state index in [1.807, 2.05) is 4.90 Å². The summed E-state index contributed by atoms with van der Waals surface area (Å²) in [5.74, 6) is 1.25. The zero-order chi connectivity index (χ0) is 14.8. The number of hydrogen-bond donors (Lipinski definition) is 1. The van der Waals surface area contributed by atoms with Crippen LogP contribution >= 0.6 is 0 Å². The summed E-state index contributed by atoms with van der Waals surface area (Å²) in [6.45, 7) is 11.3. The second-order valence-corrected chi connectivity index (χ2v) is 7.50. The van der Waals surface area contributed by atoms with Crippen LogP contribution in [0.15, 0.2) is 0 Å². The van der Waals surface area contributed by atoms with Gasteiger partial charge in [-0.3, -0.25) is 9.69 Å². The fraction of sp³-hybridized carbons (Fsp3) is 0.938. The van der Waals surface area contributed by atoms with Gasteiger partial charge in [-0.2, -0.15) is 0 Å². The Morgan fingerprint density at radius 1 is 1.20 bits per heavy atom. The lowest BCUT2D eigenvalue weighted by atomic mass is 9.67. The smallest absolute Gasteiger partial charge is 0.225 e. The quantitative estimate of drug-likeness (QED) is 0.855. The van der Waals surface area contributed by atoms with Crippen LogP contribution in [0.5, 0.6) is 0 Å². The standard InChI is InChI=1S/C16H30N2O2/c1-13-10-14(12-16(2,3)11-13)15(20)18-6-4-17(5-7-18)8-9-19/h13-14,19H,4-12H2,1-3H3. The average Bonchev–Trinajstić information content (AvgIpc) is 2.37. The Kier molecular flexibility index (Phi) is 5.08. The molecular weight excluding hydrogens is 252 g/mol. The van der Waals surface area contributed by atoms with E-state index in [-0.39, 0.29) is 12.5 Å². The Labute approximate surface area is 123 Å². The third kappa shape index (κ3) is 3.95. The van der Waals surface area contributed by atoms with Crippen molar-refractivity contribution in [3.05, 3.63) is 0 Å². The van der Waals surface area contributed by atoms with Crippen LogP contribution in [0.1, 0.15) is 40.0 Å². The van der Waals surface area contributed by atoms with Gasteiger partial charge in [-0.15, -0.1) is 0 Å². The minimum atomic E-state index is 0.211. The molecule has 0 aromatic heterocycles. The number of nitrogens with zero attached hydrogens (tertiary/aromatic N) is 2. The van der Waals surface area contributed by atoms with Gasteiger partial charge in [0.15, 0.2) is 0 Å². The van der Waals surface area contributed by atoms with E-state index in [0.717, 1.165) is 45.6 Å². The van der Waals surface area contributed by atoms with Crippen LogP contribution in [0, 0.1) is 17.3 Å². The molecule has 1 saturated heterocycles. The molecule has 0 aromatic rings. The molecule has 2 unspecified atom stereocenters. The van der Waals surface area contributed by atoms with Gasteiger partial charge in [-0.05, 0) is 30.6 Å². The van der Waals surface area contributed by atoms with Gasteiger partial charge < -0.3 is 10.0 Å². The number of carbonyl (C=O) groups excluding carboxylic acids is 1. The monoisotopic (exact) mass is 282 g/mol. The fourth-order valence-corrected chi connectivity index (χ4v) is 4.13. The van der Waals surface area contributed by atoms with E-state index in [0.29, 0.717) is 17.2 Å². The highest BCUT2D eigenvalue weighted by atomic mass is 16.3. The molecular formula is C16H30N2O2. The molecule has 1 aliphatic heterocycles. The van der Waals surface area contributed by atoms with E-state index in [4.69, 9.17) is 5.11 Å². The number of piperazine rings is 1. The molecule has 0 aromatic carbocycles. The molecule has 0 spiro atoms. The Hall–Kier alpha value is -0.610. The molecule has 1 saturated carbocycles. The molecule has 20 heavy (non-hydrogen) atoms. The largest absolute Gasteiger partial charge is 0.395 e. The van der Waals surface area contributed by atoms with Gasteiger partial charge in [0.2, 0.25) is 5.91 Å². The summed E-state index contributed by atoms with van der Waals surface area (Å²) in [5, 5.41) is 8.96. The van der Waals surface area contributed by atoms with Crippen molar-refractivity contribution in [1.29, 1.82) is 0 Å². The summed E-state index contributed by atoms with van der Waals surface area (Å²) in [6.07, 6.45) is 3.33. The van der Waals surface area contributed by atoms with Crippen LogP contribution in [-0.2, 0) is 4.79 Å². The highest BCUT2D eigenvalue weighted by molar-refractivity contribution is 5.79. The second-order valence-electron chi connectivity index (χ2n) is 7.50. The van der Waals surface area contributed by atoms with Crippen molar-refractivity contribution >= 4 is 5.91 Å². The first-order valence-electron chi connectivity index (χ1n) is 8.03. The number of aliphatic hydroxyl groups is 1. The minimum absolute atomic E-state index is 0.211. The first-order chi connectivity index (χ1) is 9.41. The molecule has 4 heteroatoms. The van der Waals surface area contributed by atoms with Crippen molar-refractivity contribution < 1.29 is 9.90 Å². The molecule has 116 valence electrons. The van der Waals surface area contributed by atoms with Crippen LogP contribution < -0.4 is 0 Å². The lowest BCUT2D eigenvalue weighted by molar-refractivity contribution is -0.140. The molecule has 2 fully saturated rings. The average molecular weight is 282 g/mol. The van der Waals surface area contributed by atoms with E-state index in [1.54, 1.807) is 0 Å². The van der Waals surface area contributed by atoms with E-state index in [2.05, 4.69) is 25.7 Å². The predicted molar refractivity (Wildman–Crippen MR) is 80.4 cm³/mol. The zero-order valence-corrected chi connectivity index (χ0v) is 13.3. The lowest BCUT2D eigenvalue weighted by Gasteiger charge is -2.42. The summed E-state index contributed by atoms with van der Waals surface area (Å²) < 4.78 is 0. The Morgan fingerprint density at radius 3 is 2.40 bits per heavy atom. The first-order valence-corrected chi connectivity index (χ1v) is 8.03. The third-order valence-electron chi connectivity index (χ3n) is 4.84. The molecule has 2 atom stereocenters. The molecule has 1 heterocycles. The van der Waals surface area contributed by atoms with Crippen molar-refractivity contribution in [2.24, 2.45) is 17.3 Å². The third-order valence-corrected chi connectivity index (χ3v) is 4.84. The number of hydrogen-bond acceptors (Lipinski definition) is 3. The summed E-state index contributed by atoms with van der Waals surface area (Å²) in [5.41, 5.74) is 0.302. The Morgan fingerprint density at radius 2 is 1.85 bits per heavy atom. The molecule has 0 radical (unpaired) electrons. The maximum atomic E-state index is 12.7. The van der Waals surface area contributed by atoms with Crippen LogP contribution in [-0.4, -0.2) is 60.1 Å². The molecule has 1 aliphatic carbocycles. The highest BCUT2D eigenvalue weighted by Gasteiger charge is 2.37. The van der Waals surface area contributed by atoms with E-state index in [1.165, 1.54) is 6.42 Å². The van der Waals surface area contributed by atoms with Gasteiger partial charge in [0.25, 0.3) is 0 Å².